The van der Waals surface area contributed by atoms with E-state index < -0.39 is 11.9 Å². The van der Waals surface area contributed by atoms with Crippen LogP contribution in [0.4, 0.5) is 0 Å². The average Bonchev–Trinajstić information content (AvgIpc) is 2.76. The number of rotatable bonds is 8. The first-order valence-corrected chi connectivity index (χ1v) is 11.2. The van der Waals surface area contributed by atoms with Crippen LogP contribution in [0.25, 0.3) is 0 Å². The molecular formula is C22H44N4O8. The number of methoxy groups -OCH3 is 1. The monoisotopic (exact) mass is 492 g/mol. The van der Waals surface area contributed by atoms with E-state index in [-0.39, 0.29) is 31.8 Å². The summed E-state index contributed by atoms with van der Waals surface area (Å²) in [5.41, 5.74) is 0.0417. The number of carbonyl (C=O) groups is 4. The average molecular weight is 493 g/mol. The van der Waals surface area contributed by atoms with Crippen LogP contribution in [-0.2, 0) is 23.9 Å². The van der Waals surface area contributed by atoms with Gasteiger partial charge in [-0.1, -0.05) is 0 Å². The molecule has 0 aromatic carbocycles. The molecule has 1 aliphatic heterocycles. The molecule has 1 fully saturated rings. The SMILES string of the molecule is CO.COC(C)(C)C.O=CCN1CCN(CC(=O)O)CCN(CC=O)CCN(CC(=O)O)CC1. The highest BCUT2D eigenvalue weighted by Gasteiger charge is 2.18. The molecule has 0 aliphatic carbocycles. The van der Waals surface area contributed by atoms with Gasteiger partial charge in [-0.2, -0.15) is 0 Å². The van der Waals surface area contributed by atoms with Crippen molar-refractivity contribution in [2.45, 2.75) is 26.4 Å². The molecule has 0 spiro atoms. The Labute approximate surface area is 203 Å². The third-order valence-electron chi connectivity index (χ3n) is 4.93. The number of aliphatic carboxylic acids is 2. The quantitative estimate of drug-likeness (QED) is 0.350. The number of aliphatic hydroxyl groups is 1. The van der Waals surface area contributed by atoms with E-state index in [1.54, 1.807) is 16.9 Å². The summed E-state index contributed by atoms with van der Waals surface area (Å²) in [6.07, 6.45) is 1.58. The Morgan fingerprint density at radius 3 is 1.12 bits per heavy atom. The van der Waals surface area contributed by atoms with Crippen LogP contribution in [0.1, 0.15) is 20.8 Å². The predicted molar refractivity (Wildman–Crippen MR) is 128 cm³/mol. The van der Waals surface area contributed by atoms with Gasteiger partial charge in [-0.3, -0.25) is 29.2 Å². The van der Waals surface area contributed by atoms with Gasteiger partial charge < -0.3 is 29.6 Å². The van der Waals surface area contributed by atoms with Crippen molar-refractivity contribution < 1.29 is 39.2 Å². The predicted octanol–water partition coefficient (Wildman–Crippen LogP) is -1.19. The molecule has 0 saturated carbocycles. The molecule has 0 atom stereocenters. The number of carboxylic acids is 2. The molecule has 0 amide bonds. The number of carbonyl (C=O) groups excluding carboxylic acids is 2. The van der Waals surface area contributed by atoms with Crippen LogP contribution in [0.3, 0.4) is 0 Å². The normalized spacial score (nSPS) is 17.6. The first kappa shape index (κ1) is 34.2. The summed E-state index contributed by atoms with van der Waals surface area (Å²) < 4.78 is 4.94. The fourth-order valence-electron chi connectivity index (χ4n) is 2.85. The molecule has 0 aromatic rings. The van der Waals surface area contributed by atoms with E-state index in [1.165, 1.54) is 0 Å². The molecule has 12 nitrogen and oxygen atoms in total. The maximum absolute atomic E-state index is 11.1. The highest BCUT2D eigenvalue weighted by molar-refractivity contribution is 5.69. The zero-order valence-electron chi connectivity index (χ0n) is 21.3. The van der Waals surface area contributed by atoms with Crippen molar-refractivity contribution in [3.05, 3.63) is 0 Å². The van der Waals surface area contributed by atoms with Crippen LogP contribution in [-0.4, -0.2) is 158 Å². The minimum absolute atomic E-state index is 0.0417. The molecule has 1 saturated heterocycles. The lowest BCUT2D eigenvalue weighted by Gasteiger charge is -2.32. The van der Waals surface area contributed by atoms with Crippen molar-refractivity contribution in [3.63, 3.8) is 0 Å². The second-order valence-corrected chi connectivity index (χ2v) is 8.59. The lowest BCUT2D eigenvalue weighted by molar-refractivity contribution is -0.139. The number of aliphatic hydroxyl groups excluding tert-OH is 1. The molecule has 0 unspecified atom stereocenters. The van der Waals surface area contributed by atoms with Crippen LogP contribution in [0, 0.1) is 0 Å². The summed E-state index contributed by atoms with van der Waals surface area (Å²) in [5, 5.41) is 25.1. The fraction of sp³-hybridized carbons (Fsp3) is 0.818. The Bertz CT molecular complexity index is 514. The van der Waals surface area contributed by atoms with E-state index in [9.17, 15) is 19.2 Å². The Balaban J connectivity index is 0. The van der Waals surface area contributed by atoms with Crippen molar-refractivity contribution in [3.8, 4) is 0 Å². The van der Waals surface area contributed by atoms with E-state index in [0.717, 1.165) is 19.7 Å². The molecule has 0 bridgehead atoms. The Morgan fingerprint density at radius 2 is 0.941 bits per heavy atom. The van der Waals surface area contributed by atoms with Crippen molar-refractivity contribution in [1.82, 2.24) is 19.6 Å². The van der Waals surface area contributed by atoms with Gasteiger partial charge >= 0.3 is 11.9 Å². The van der Waals surface area contributed by atoms with Crippen LogP contribution < -0.4 is 0 Å². The molecule has 34 heavy (non-hydrogen) atoms. The minimum atomic E-state index is -0.923. The maximum Gasteiger partial charge on any atom is 0.317 e. The van der Waals surface area contributed by atoms with E-state index in [4.69, 9.17) is 20.1 Å². The Morgan fingerprint density at radius 1 is 0.706 bits per heavy atom. The molecule has 200 valence electrons. The topological polar surface area (TPSA) is 151 Å². The van der Waals surface area contributed by atoms with Crippen LogP contribution in [0.2, 0.25) is 0 Å². The van der Waals surface area contributed by atoms with Gasteiger partial charge in [0.15, 0.2) is 0 Å². The molecule has 3 N–H and O–H groups in total. The summed E-state index contributed by atoms with van der Waals surface area (Å²) in [6.45, 7) is 10.3. The molecular weight excluding hydrogens is 448 g/mol. The Hall–Kier alpha value is -1.96. The van der Waals surface area contributed by atoms with Crippen LogP contribution in [0.5, 0.6) is 0 Å². The highest BCUT2D eigenvalue weighted by Crippen LogP contribution is 2.02. The number of ether oxygens (including phenoxy) is 1. The van der Waals surface area contributed by atoms with E-state index >= 15 is 0 Å². The zero-order chi connectivity index (χ0) is 26.6. The minimum Gasteiger partial charge on any atom is -0.480 e. The summed E-state index contributed by atoms with van der Waals surface area (Å²) in [6, 6.07) is 0. The molecule has 0 radical (unpaired) electrons. The largest absolute Gasteiger partial charge is 0.480 e. The molecule has 0 aromatic heterocycles. The van der Waals surface area contributed by atoms with Gasteiger partial charge in [0.1, 0.15) is 12.6 Å². The lowest BCUT2D eigenvalue weighted by Crippen LogP contribution is -2.48. The Kier molecular flexibility index (Phi) is 20.5. The number of carboxylic acid groups (broad SMARTS) is 2. The smallest absolute Gasteiger partial charge is 0.317 e. The van der Waals surface area contributed by atoms with Crippen molar-refractivity contribution in [2.75, 3.05) is 92.8 Å². The molecule has 1 rings (SSSR count). The van der Waals surface area contributed by atoms with Gasteiger partial charge in [-0.25, -0.2) is 0 Å². The molecule has 1 aliphatic rings. The number of aldehydes is 2. The van der Waals surface area contributed by atoms with Crippen LogP contribution >= 0.6 is 0 Å². The first-order chi connectivity index (χ1) is 16.0. The standard InChI is InChI=1S/C16H28N4O6.C5H12O.CH4O/c21-11-9-17-1-5-19(13-15(23)24)7-3-18(10-12-22)4-8-20(6-2-17)14-16(25)26;1-5(2,3)6-4;1-2/h11-12H,1-10,13-14H2,(H,23,24)(H,25,26);1-4H3;2H,1H3. The highest BCUT2D eigenvalue weighted by atomic mass is 16.5. The van der Waals surface area contributed by atoms with Gasteiger partial charge in [0.25, 0.3) is 0 Å². The number of nitrogens with zero attached hydrogens (tertiary/aromatic N) is 4. The van der Waals surface area contributed by atoms with Crippen molar-refractivity contribution >= 4 is 24.5 Å². The third kappa shape index (κ3) is 20.6. The van der Waals surface area contributed by atoms with Crippen molar-refractivity contribution in [2.24, 2.45) is 0 Å². The van der Waals surface area contributed by atoms with E-state index in [1.807, 2.05) is 30.6 Å². The first-order valence-electron chi connectivity index (χ1n) is 11.2. The van der Waals surface area contributed by atoms with Gasteiger partial charge in [0.2, 0.25) is 0 Å². The summed E-state index contributed by atoms with van der Waals surface area (Å²) in [4.78, 5) is 51.2. The summed E-state index contributed by atoms with van der Waals surface area (Å²) in [7, 11) is 2.71. The molecule has 1 heterocycles. The summed E-state index contributed by atoms with van der Waals surface area (Å²) >= 11 is 0. The third-order valence-corrected chi connectivity index (χ3v) is 4.93. The second-order valence-electron chi connectivity index (χ2n) is 8.59. The lowest BCUT2D eigenvalue weighted by atomic mass is 10.2. The second kappa shape index (κ2) is 20.4. The maximum atomic E-state index is 11.1. The molecule has 12 heteroatoms. The number of hydrogen-bond acceptors (Lipinski definition) is 10. The van der Waals surface area contributed by atoms with Crippen LogP contribution in [0.15, 0.2) is 0 Å². The summed E-state index contributed by atoms with van der Waals surface area (Å²) in [5.74, 6) is -1.85. The van der Waals surface area contributed by atoms with Gasteiger partial charge in [0.05, 0.1) is 31.8 Å². The fourth-order valence-corrected chi connectivity index (χ4v) is 2.85. The van der Waals surface area contributed by atoms with Gasteiger partial charge in [0, 0.05) is 66.6 Å². The van der Waals surface area contributed by atoms with Crippen molar-refractivity contribution in [1.29, 1.82) is 0 Å². The van der Waals surface area contributed by atoms with E-state index in [2.05, 4.69) is 0 Å². The van der Waals surface area contributed by atoms with E-state index in [0.29, 0.717) is 52.4 Å². The van der Waals surface area contributed by atoms with Gasteiger partial charge in [-0.15, -0.1) is 0 Å². The van der Waals surface area contributed by atoms with Gasteiger partial charge in [-0.05, 0) is 20.8 Å². The zero-order valence-corrected chi connectivity index (χ0v) is 21.3. The number of hydrogen-bond donors (Lipinski definition) is 3.